The Labute approximate surface area is 188 Å². The fourth-order valence-electron chi connectivity index (χ4n) is 3.93. The quantitative estimate of drug-likeness (QED) is 0.470. The maximum Gasteiger partial charge on any atom is 0.142 e. The number of nitrogens with zero attached hydrogens (tertiary/aromatic N) is 3. The molecule has 0 radical (unpaired) electrons. The van der Waals surface area contributed by atoms with Crippen LogP contribution in [0.2, 0.25) is 0 Å². The van der Waals surface area contributed by atoms with Crippen molar-refractivity contribution in [2.24, 2.45) is 0 Å². The van der Waals surface area contributed by atoms with Gasteiger partial charge in [0.2, 0.25) is 0 Å². The summed E-state index contributed by atoms with van der Waals surface area (Å²) >= 11 is 0. The molecular weight excluding hydrogens is 406 g/mol. The van der Waals surface area contributed by atoms with Crippen molar-refractivity contribution in [2.75, 3.05) is 57.7 Å². The van der Waals surface area contributed by atoms with E-state index in [1.54, 1.807) is 14.2 Å². The van der Waals surface area contributed by atoms with Gasteiger partial charge in [-0.25, -0.2) is 9.97 Å². The van der Waals surface area contributed by atoms with Crippen molar-refractivity contribution < 1.29 is 14.2 Å². The molecule has 0 saturated heterocycles. The van der Waals surface area contributed by atoms with Gasteiger partial charge in [-0.15, -0.1) is 0 Å². The second-order valence-corrected chi connectivity index (χ2v) is 7.52. The van der Waals surface area contributed by atoms with Crippen LogP contribution in [0.4, 0.5) is 17.3 Å². The van der Waals surface area contributed by atoms with Crippen LogP contribution in [0.15, 0.2) is 54.9 Å². The summed E-state index contributed by atoms with van der Waals surface area (Å²) in [7, 11) is 3.36. The summed E-state index contributed by atoms with van der Waals surface area (Å²) < 4.78 is 16.3. The smallest absolute Gasteiger partial charge is 0.142 e. The summed E-state index contributed by atoms with van der Waals surface area (Å²) in [4.78, 5) is 11.0. The molecule has 8 nitrogen and oxygen atoms in total. The zero-order valence-corrected chi connectivity index (χ0v) is 18.5. The van der Waals surface area contributed by atoms with Crippen molar-refractivity contribution in [2.45, 2.75) is 5.92 Å². The van der Waals surface area contributed by atoms with E-state index in [-0.39, 0.29) is 5.92 Å². The van der Waals surface area contributed by atoms with Crippen molar-refractivity contribution in [3.8, 4) is 11.5 Å². The number of nitrogens with two attached hydrogens (primary N) is 1. The van der Waals surface area contributed by atoms with E-state index in [4.69, 9.17) is 19.9 Å². The molecule has 1 aliphatic rings. The van der Waals surface area contributed by atoms with Crippen LogP contribution in [0.3, 0.4) is 0 Å². The van der Waals surface area contributed by atoms with E-state index < -0.39 is 0 Å². The fourth-order valence-corrected chi connectivity index (χ4v) is 3.93. The number of ether oxygens (including phenoxy) is 3. The van der Waals surface area contributed by atoms with Gasteiger partial charge in [0, 0.05) is 43.9 Å². The first kappa shape index (κ1) is 21.9. The van der Waals surface area contributed by atoms with E-state index >= 15 is 0 Å². The van der Waals surface area contributed by atoms with Gasteiger partial charge >= 0.3 is 0 Å². The van der Waals surface area contributed by atoms with Gasteiger partial charge in [0.1, 0.15) is 36.1 Å². The van der Waals surface area contributed by atoms with Crippen LogP contribution in [-0.4, -0.2) is 57.0 Å². The average Bonchev–Trinajstić information content (AvgIpc) is 3.23. The van der Waals surface area contributed by atoms with Crippen LogP contribution >= 0.6 is 0 Å². The Hall–Kier alpha value is -3.36. The first-order valence-corrected chi connectivity index (χ1v) is 10.7. The number of aromatic nitrogens is 2. The minimum absolute atomic E-state index is 0.0513. The summed E-state index contributed by atoms with van der Waals surface area (Å²) in [6.45, 7) is 3.58. The zero-order valence-electron chi connectivity index (χ0n) is 18.5. The van der Waals surface area contributed by atoms with Crippen LogP contribution in [0.1, 0.15) is 17.0 Å². The molecule has 1 atom stereocenters. The molecule has 0 amide bonds. The Morgan fingerprint density at radius 1 is 1.03 bits per heavy atom. The lowest BCUT2D eigenvalue weighted by atomic mass is 9.94. The molecule has 0 aliphatic carbocycles. The average molecular weight is 436 g/mol. The minimum Gasteiger partial charge on any atom is -0.497 e. The van der Waals surface area contributed by atoms with Crippen molar-refractivity contribution in [1.82, 2.24) is 15.3 Å². The lowest BCUT2D eigenvalue weighted by Gasteiger charge is -2.19. The molecule has 3 N–H and O–H groups in total. The molecule has 168 valence electrons. The Balaban J connectivity index is 1.50. The van der Waals surface area contributed by atoms with E-state index in [0.29, 0.717) is 19.0 Å². The highest BCUT2D eigenvalue weighted by molar-refractivity contribution is 5.73. The molecule has 2 heterocycles. The number of benzene rings is 2. The SMILES string of the molecule is COCCNCCOc1ccc(N2CC(c3cccc(OC)c3)c3c(N)ncnc32)cc1. The standard InChI is InChI=1S/C24H29N5O3/c1-30-12-10-26-11-13-32-19-8-6-18(7-9-19)29-15-21(17-4-3-5-20(14-17)31-2)22-23(25)27-16-28-24(22)29/h3-9,14,16,21,26H,10-13,15H2,1-2H3,(H2,25,27,28). The van der Waals surface area contributed by atoms with Crippen molar-refractivity contribution in [3.05, 3.63) is 66.0 Å². The number of hydrogen-bond acceptors (Lipinski definition) is 8. The highest BCUT2D eigenvalue weighted by Gasteiger charge is 2.34. The molecule has 3 aromatic rings. The highest BCUT2D eigenvalue weighted by Crippen LogP contribution is 2.45. The summed E-state index contributed by atoms with van der Waals surface area (Å²) in [5.74, 6) is 3.03. The second kappa shape index (κ2) is 10.3. The van der Waals surface area contributed by atoms with Crippen LogP contribution in [0.25, 0.3) is 0 Å². The molecule has 0 bridgehead atoms. The summed E-state index contributed by atoms with van der Waals surface area (Å²) in [6.07, 6.45) is 1.52. The van der Waals surface area contributed by atoms with Crippen LogP contribution < -0.4 is 25.4 Å². The van der Waals surface area contributed by atoms with Gasteiger partial charge in [-0.1, -0.05) is 12.1 Å². The Bertz CT molecular complexity index is 1030. The second-order valence-electron chi connectivity index (χ2n) is 7.52. The van der Waals surface area contributed by atoms with E-state index in [1.807, 2.05) is 42.5 Å². The molecule has 1 unspecified atom stereocenters. The highest BCUT2D eigenvalue weighted by atomic mass is 16.5. The number of hydrogen-bond donors (Lipinski definition) is 2. The molecule has 1 aromatic heterocycles. The topological polar surface area (TPSA) is 94.8 Å². The first-order valence-electron chi connectivity index (χ1n) is 10.7. The van der Waals surface area contributed by atoms with E-state index in [1.165, 1.54) is 6.33 Å². The summed E-state index contributed by atoms with van der Waals surface area (Å²) in [5, 5.41) is 3.26. The van der Waals surface area contributed by atoms with Crippen LogP contribution in [-0.2, 0) is 4.74 Å². The maximum absolute atomic E-state index is 6.29. The predicted molar refractivity (Wildman–Crippen MR) is 125 cm³/mol. The molecule has 1 aliphatic heterocycles. The number of anilines is 3. The van der Waals surface area contributed by atoms with Gasteiger partial charge in [0.25, 0.3) is 0 Å². The zero-order chi connectivity index (χ0) is 22.3. The lowest BCUT2D eigenvalue weighted by molar-refractivity contribution is 0.197. The van der Waals surface area contributed by atoms with E-state index in [9.17, 15) is 0 Å². The first-order chi connectivity index (χ1) is 15.7. The third-order valence-corrected chi connectivity index (χ3v) is 5.54. The van der Waals surface area contributed by atoms with Crippen LogP contribution in [0.5, 0.6) is 11.5 Å². The predicted octanol–water partition coefficient (Wildman–Crippen LogP) is 2.97. The van der Waals surface area contributed by atoms with Gasteiger partial charge in [-0.3, -0.25) is 0 Å². The van der Waals surface area contributed by atoms with Crippen molar-refractivity contribution in [3.63, 3.8) is 0 Å². The number of rotatable bonds is 10. The molecule has 0 spiro atoms. The maximum atomic E-state index is 6.29. The number of methoxy groups -OCH3 is 2. The lowest BCUT2D eigenvalue weighted by Crippen LogP contribution is -2.24. The molecule has 0 saturated carbocycles. The fraction of sp³-hybridized carbons (Fsp3) is 0.333. The Morgan fingerprint density at radius 3 is 2.62 bits per heavy atom. The summed E-state index contributed by atoms with van der Waals surface area (Å²) in [6, 6.07) is 16.1. The van der Waals surface area contributed by atoms with Gasteiger partial charge in [0.05, 0.1) is 13.7 Å². The van der Waals surface area contributed by atoms with E-state index in [2.05, 4.69) is 26.3 Å². The largest absolute Gasteiger partial charge is 0.497 e. The molecule has 0 fully saturated rings. The third-order valence-electron chi connectivity index (χ3n) is 5.54. The number of nitrogen functional groups attached to an aromatic ring is 1. The van der Waals surface area contributed by atoms with Gasteiger partial charge < -0.3 is 30.2 Å². The van der Waals surface area contributed by atoms with Gasteiger partial charge in [-0.2, -0.15) is 0 Å². The normalized spacial score (nSPS) is 14.9. The van der Waals surface area contributed by atoms with Gasteiger partial charge in [-0.05, 0) is 42.0 Å². The van der Waals surface area contributed by atoms with Crippen molar-refractivity contribution in [1.29, 1.82) is 0 Å². The molecule has 32 heavy (non-hydrogen) atoms. The monoisotopic (exact) mass is 435 g/mol. The molecule has 8 heteroatoms. The minimum atomic E-state index is 0.0513. The van der Waals surface area contributed by atoms with Crippen molar-refractivity contribution >= 4 is 17.3 Å². The van der Waals surface area contributed by atoms with Gasteiger partial charge in [0.15, 0.2) is 0 Å². The molecule has 4 rings (SSSR count). The molecule has 2 aromatic carbocycles. The Kier molecular flexibility index (Phi) is 7.03. The van der Waals surface area contributed by atoms with E-state index in [0.717, 1.165) is 53.8 Å². The number of fused-ring (bicyclic) bond motifs is 1. The third kappa shape index (κ3) is 4.76. The molecular formula is C24H29N5O3. The summed E-state index contributed by atoms with van der Waals surface area (Å²) in [5.41, 5.74) is 9.39. The Morgan fingerprint density at radius 2 is 1.84 bits per heavy atom. The van der Waals surface area contributed by atoms with Crippen LogP contribution in [0, 0.1) is 0 Å². The number of nitrogens with one attached hydrogen (secondary N) is 1.